The summed E-state index contributed by atoms with van der Waals surface area (Å²) in [6.45, 7) is 3.77. The van der Waals surface area contributed by atoms with Crippen molar-refractivity contribution in [2.45, 2.75) is 26.1 Å². The third-order valence-electron chi connectivity index (χ3n) is 4.43. The van der Waals surface area contributed by atoms with Gasteiger partial charge < -0.3 is 14.8 Å². The van der Waals surface area contributed by atoms with Crippen molar-refractivity contribution < 1.29 is 14.3 Å². The van der Waals surface area contributed by atoms with Crippen LogP contribution in [-0.2, 0) is 9.53 Å². The molecule has 10 heteroatoms. The molecule has 0 aliphatic heterocycles. The lowest BCUT2D eigenvalue weighted by Crippen LogP contribution is -2.38. The van der Waals surface area contributed by atoms with Crippen LogP contribution < -0.4 is 10.1 Å². The Morgan fingerprint density at radius 3 is 2.72 bits per heavy atom. The number of benzene rings is 1. The Bertz CT molecular complexity index is 1210. The molecule has 0 bridgehead atoms. The Morgan fingerprint density at radius 2 is 1.97 bits per heavy atom. The zero-order chi connectivity index (χ0) is 22.5. The number of carbonyl (C=O) groups excluding carboxylic acids is 1. The standard InChI is InChI=1S/C22H21ClN6O3/c1-13(2)31-12-17(21(30)26-18-9-5-6-10-24-18)32-22-15-11-25-29-20(15)27-19(28-22)14-7-3-4-8-16(14)23/h3-11,13,17H,12H2,1-2H3,(H,24,26,30)(H,25,27,28,29). The van der Waals surface area contributed by atoms with Crippen LogP contribution in [0.15, 0.2) is 54.9 Å². The largest absolute Gasteiger partial charge is 0.461 e. The molecule has 164 valence electrons. The molecule has 0 spiro atoms. The molecule has 1 unspecified atom stereocenters. The Labute approximate surface area is 189 Å². The van der Waals surface area contributed by atoms with Crippen LogP contribution in [0.1, 0.15) is 13.8 Å². The van der Waals surface area contributed by atoms with Crippen LogP contribution in [0, 0.1) is 0 Å². The fraction of sp³-hybridized carbons (Fsp3) is 0.227. The molecule has 0 aliphatic carbocycles. The average molecular weight is 453 g/mol. The molecular weight excluding hydrogens is 432 g/mol. The first-order valence-corrected chi connectivity index (χ1v) is 10.3. The maximum absolute atomic E-state index is 13.0. The Balaban J connectivity index is 1.67. The number of anilines is 1. The van der Waals surface area contributed by atoms with E-state index >= 15 is 0 Å². The van der Waals surface area contributed by atoms with Crippen molar-refractivity contribution in [1.29, 1.82) is 0 Å². The molecule has 9 nitrogen and oxygen atoms in total. The first-order valence-electron chi connectivity index (χ1n) is 9.97. The summed E-state index contributed by atoms with van der Waals surface area (Å²) in [4.78, 5) is 26.1. The van der Waals surface area contributed by atoms with Gasteiger partial charge in [0.15, 0.2) is 11.5 Å². The molecule has 3 aromatic heterocycles. The number of nitrogens with zero attached hydrogens (tertiary/aromatic N) is 4. The minimum absolute atomic E-state index is 0.0150. The fourth-order valence-corrected chi connectivity index (χ4v) is 3.10. The van der Waals surface area contributed by atoms with Crippen molar-refractivity contribution in [3.63, 3.8) is 0 Å². The smallest absolute Gasteiger partial charge is 0.269 e. The maximum atomic E-state index is 13.0. The van der Waals surface area contributed by atoms with Gasteiger partial charge in [0.2, 0.25) is 12.0 Å². The molecule has 0 fully saturated rings. The minimum Gasteiger partial charge on any atom is -0.461 e. The third kappa shape index (κ3) is 5.01. The van der Waals surface area contributed by atoms with Crippen molar-refractivity contribution >= 4 is 34.4 Å². The fourth-order valence-electron chi connectivity index (χ4n) is 2.88. The van der Waals surface area contributed by atoms with Gasteiger partial charge in [0.25, 0.3) is 5.91 Å². The second-order valence-electron chi connectivity index (χ2n) is 7.16. The highest BCUT2D eigenvalue weighted by atomic mass is 35.5. The summed E-state index contributed by atoms with van der Waals surface area (Å²) in [5, 5.41) is 10.6. The topological polar surface area (TPSA) is 115 Å². The van der Waals surface area contributed by atoms with Gasteiger partial charge in [-0.1, -0.05) is 29.8 Å². The third-order valence-corrected chi connectivity index (χ3v) is 4.76. The molecule has 0 saturated heterocycles. The molecule has 1 atom stereocenters. The molecule has 0 saturated carbocycles. The van der Waals surface area contributed by atoms with E-state index in [-0.39, 0.29) is 18.6 Å². The number of rotatable bonds is 8. The molecule has 0 radical (unpaired) electrons. The van der Waals surface area contributed by atoms with Crippen LogP contribution in [0.2, 0.25) is 5.02 Å². The van der Waals surface area contributed by atoms with E-state index in [1.54, 1.807) is 36.5 Å². The summed E-state index contributed by atoms with van der Waals surface area (Å²) >= 11 is 6.33. The SMILES string of the molecule is CC(C)OCC(Oc1nc(-c2ccccc2Cl)nc2[nH]ncc12)C(=O)Nc1ccccn1. The number of amides is 1. The summed E-state index contributed by atoms with van der Waals surface area (Å²) in [7, 11) is 0. The van der Waals surface area contributed by atoms with Gasteiger partial charge in [-0.25, -0.2) is 9.97 Å². The van der Waals surface area contributed by atoms with E-state index in [1.807, 2.05) is 26.0 Å². The molecule has 1 amide bonds. The molecule has 3 heterocycles. The van der Waals surface area contributed by atoms with Crippen molar-refractivity contribution in [3.8, 4) is 17.3 Å². The first-order chi connectivity index (χ1) is 15.5. The van der Waals surface area contributed by atoms with Crippen LogP contribution >= 0.6 is 11.6 Å². The number of hydrogen-bond acceptors (Lipinski definition) is 7. The van der Waals surface area contributed by atoms with Crippen molar-refractivity contribution in [1.82, 2.24) is 25.1 Å². The Morgan fingerprint density at radius 1 is 1.16 bits per heavy atom. The number of ether oxygens (including phenoxy) is 2. The van der Waals surface area contributed by atoms with E-state index < -0.39 is 12.0 Å². The van der Waals surface area contributed by atoms with Gasteiger partial charge in [-0.2, -0.15) is 10.1 Å². The molecule has 4 aromatic rings. The lowest BCUT2D eigenvalue weighted by atomic mass is 10.2. The van der Waals surface area contributed by atoms with E-state index in [4.69, 9.17) is 21.1 Å². The van der Waals surface area contributed by atoms with Gasteiger partial charge in [0.05, 0.1) is 23.9 Å². The lowest BCUT2D eigenvalue weighted by molar-refractivity contribution is -0.126. The predicted octanol–water partition coefficient (Wildman–Crippen LogP) is 3.88. The van der Waals surface area contributed by atoms with Crippen molar-refractivity contribution in [3.05, 3.63) is 59.9 Å². The van der Waals surface area contributed by atoms with E-state index in [2.05, 4.69) is 30.5 Å². The highest BCUT2D eigenvalue weighted by Crippen LogP contribution is 2.30. The highest BCUT2D eigenvalue weighted by molar-refractivity contribution is 6.33. The number of fused-ring (bicyclic) bond motifs is 1. The summed E-state index contributed by atoms with van der Waals surface area (Å²) in [5.74, 6) is 0.519. The summed E-state index contributed by atoms with van der Waals surface area (Å²) in [6, 6.07) is 12.4. The van der Waals surface area contributed by atoms with Crippen molar-refractivity contribution in [2.24, 2.45) is 0 Å². The van der Waals surface area contributed by atoms with Crippen LogP contribution in [-0.4, -0.2) is 49.9 Å². The van der Waals surface area contributed by atoms with Gasteiger partial charge in [-0.3, -0.25) is 9.89 Å². The summed E-state index contributed by atoms with van der Waals surface area (Å²) < 4.78 is 11.7. The number of carbonyl (C=O) groups is 1. The normalized spacial score (nSPS) is 12.1. The van der Waals surface area contributed by atoms with E-state index in [9.17, 15) is 4.79 Å². The highest BCUT2D eigenvalue weighted by Gasteiger charge is 2.25. The molecule has 4 rings (SSSR count). The van der Waals surface area contributed by atoms with Gasteiger partial charge in [-0.05, 0) is 38.1 Å². The molecule has 2 N–H and O–H groups in total. The zero-order valence-corrected chi connectivity index (χ0v) is 18.2. The van der Waals surface area contributed by atoms with Gasteiger partial charge in [0, 0.05) is 11.8 Å². The first kappa shape index (κ1) is 21.7. The van der Waals surface area contributed by atoms with Crippen LogP contribution in [0.25, 0.3) is 22.4 Å². The van der Waals surface area contributed by atoms with Gasteiger partial charge >= 0.3 is 0 Å². The number of aromatic nitrogens is 5. The molecule has 32 heavy (non-hydrogen) atoms. The van der Waals surface area contributed by atoms with E-state index in [1.165, 1.54) is 6.20 Å². The number of hydrogen-bond donors (Lipinski definition) is 2. The number of pyridine rings is 1. The zero-order valence-electron chi connectivity index (χ0n) is 17.4. The summed E-state index contributed by atoms with van der Waals surface area (Å²) in [5.41, 5.74) is 1.09. The van der Waals surface area contributed by atoms with E-state index in [0.29, 0.717) is 33.3 Å². The number of H-pyrrole nitrogens is 1. The lowest BCUT2D eigenvalue weighted by Gasteiger charge is -2.20. The molecular formula is C22H21ClN6O3. The second-order valence-corrected chi connectivity index (χ2v) is 7.56. The molecule has 1 aromatic carbocycles. The Hall–Kier alpha value is -3.56. The second kappa shape index (κ2) is 9.71. The monoisotopic (exact) mass is 452 g/mol. The van der Waals surface area contributed by atoms with Crippen LogP contribution in [0.4, 0.5) is 5.82 Å². The number of nitrogens with one attached hydrogen (secondary N) is 2. The number of halogens is 1. The summed E-state index contributed by atoms with van der Waals surface area (Å²) in [6.07, 6.45) is 2.04. The predicted molar refractivity (Wildman–Crippen MR) is 121 cm³/mol. The van der Waals surface area contributed by atoms with Gasteiger partial charge in [0.1, 0.15) is 11.2 Å². The maximum Gasteiger partial charge on any atom is 0.269 e. The molecule has 0 aliphatic rings. The number of aromatic amines is 1. The van der Waals surface area contributed by atoms with Crippen LogP contribution in [0.3, 0.4) is 0 Å². The van der Waals surface area contributed by atoms with Crippen LogP contribution in [0.5, 0.6) is 5.88 Å². The van der Waals surface area contributed by atoms with Gasteiger partial charge in [-0.15, -0.1) is 0 Å². The average Bonchev–Trinajstić information content (AvgIpc) is 3.26. The minimum atomic E-state index is -0.994. The van der Waals surface area contributed by atoms with E-state index in [0.717, 1.165) is 0 Å². The Kier molecular flexibility index (Phi) is 6.58. The quantitative estimate of drug-likeness (QED) is 0.416. The van der Waals surface area contributed by atoms with Crippen molar-refractivity contribution in [2.75, 3.05) is 11.9 Å².